The van der Waals surface area contributed by atoms with Crippen molar-refractivity contribution < 1.29 is 23.8 Å². The molecule has 2 N–H and O–H groups in total. The number of nitrogens with one attached hydrogen (secondary N) is 2. The lowest BCUT2D eigenvalue weighted by molar-refractivity contribution is 0.0523. The SMILES string of the molecule is COc1cc(C(C)NC(=O)c2ccc(CNC(=O)OC(C)(C)C)cc2)ccc1OCC(C)C. The third-order valence-electron chi connectivity index (χ3n) is 4.66. The van der Waals surface area contributed by atoms with Crippen molar-refractivity contribution >= 4 is 12.0 Å². The molecule has 2 rings (SSSR count). The largest absolute Gasteiger partial charge is 0.493 e. The molecule has 0 aliphatic rings. The van der Waals surface area contributed by atoms with E-state index in [1.807, 2.05) is 45.9 Å². The van der Waals surface area contributed by atoms with Crippen molar-refractivity contribution in [1.29, 1.82) is 0 Å². The monoisotopic (exact) mass is 456 g/mol. The molecule has 0 fully saturated rings. The van der Waals surface area contributed by atoms with Crippen molar-refractivity contribution in [1.82, 2.24) is 10.6 Å². The second-order valence-electron chi connectivity index (χ2n) is 9.36. The highest BCUT2D eigenvalue weighted by molar-refractivity contribution is 5.94. The highest BCUT2D eigenvalue weighted by Crippen LogP contribution is 2.30. The van der Waals surface area contributed by atoms with Crippen LogP contribution in [0.3, 0.4) is 0 Å². The van der Waals surface area contributed by atoms with E-state index in [4.69, 9.17) is 14.2 Å². The number of methoxy groups -OCH3 is 1. The van der Waals surface area contributed by atoms with E-state index in [-0.39, 0.29) is 11.9 Å². The maximum absolute atomic E-state index is 12.7. The first-order valence-electron chi connectivity index (χ1n) is 11.2. The quantitative estimate of drug-likeness (QED) is 0.539. The Hall–Kier alpha value is -3.22. The van der Waals surface area contributed by atoms with E-state index in [1.165, 1.54) is 0 Å². The van der Waals surface area contributed by atoms with Gasteiger partial charge in [-0.25, -0.2) is 4.79 Å². The van der Waals surface area contributed by atoms with Gasteiger partial charge < -0.3 is 24.8 Å². The van der Waals surface area contributed by atoms with Gasteiger partial charge in [0.05, 0.1) is 19.8 Å². The van der Waals surface area contributed by atoms with Crippen molar-refractivity contribution in [3.8, 4) is 11.5 Å². The van der Waals surface area contributed by atoms with Crippen LogP contribution in [0.4, 0.5) is 4.79 Å². The Bertz CT molecular complexity index is 933. The average molecular weight is 457 g/mol. The molecule has 2 amide bonds. The van der Waals surface area contributed by atoms with Crippen LogP contribution in [0.1, 0.15) is 69.1 Å². The van der Waals surface area contributed by atoms with Crippen molar-refractivity contribution in [2.75, 3.05) is 13.7 Å². The van der Waals surface area contributed by atoms with E-state index in [0.29, 0.717) is 36.1 Å². The molecule has 1 unspecified atom stereocenters. The second-order valence-corrected chi connectivity index (χ2v) is 9.36. The van der Waals surface area contributed by atoms with Gasteiger partial charge in [0.25, 0.3) is 5.91 Å². The van der Waals surface area contributed by atoms with Gasteiger partial charge >= 0.3 is 6.09 Å². The van der Waals surface area contributed by atoms with Gasteiger partial charge in [-0.15, -0.1) is 0 Å². The van der Waals surface area contributed by atoms with Gasteiger partial charge in [-0.05, 0) is 69.0 Å². The first kappa shape index (κ1) is 26.0. The summed E-state index contributed by atoms with van der Waals surface area (Å²) in [5, 5.41) is 5.71. The van der Waals surface area contributed by atoms with E-state index in [9.17, 15) is 9.59 Å². The number of carbonyl (C=O) groups excluding carboxylic acids is 2. The Morgan fingerprint density at radius 1 is 0.970 bits per heavy atom. The molecule has 0 saturated carbocycles. The first-order valence-corrected chi connectivity index (χ1v) is 11.2. The molecule has 0 aliphatic carbocycles. The van der Waals surface area contributed by atoms with Gasteiger partial charge in [0.1, 0.15) is 5.60 Å². The zero-order valence-electron chi connectivity index (χ0n) is 20.7. The fourth-order valence-corrected chi connectivity index (χ4v) is 2.95. The number of benzene rings is 2. The first-order chi connectivity index (χ1) is 15.5. The topological polar surface area (TPSA) is 85.9 Å². The standard InChI is InChI=1S/C26H36N2O5/c1-17(2)16-32-22-13-12-21(14-23(22)31-7)18(3)28-24(29)20-10-8-19(9-11-20)15-27-25(30)33-26(4,5)6/h8-14,17-18H,15-16H2,1-7H3,(H,27,30)(H,28,29). The fraction of sp³-hybridized carbons (Fsp3) is 0.462. The highest BCUT2D eigenvalue weighted by Gasteiger charge is 2.17. The summed E-state index contributed by atoms with van der Waals surface area (Å²) in [4.78, 5) is 24.5. The van der Waals surface area contributed by atoms with E-state index >= 15 is 0 Å². The van der Waals surface area contributed by atoms with Gasteiger partial charge in [-0.2, -0.15) is 0 Å². The number of rotatable bonds is 9. The van der Waals surface area contributed by atoms with E-state index in [0.717, 1.165) is 11.1 Å². The Morgan fingerprint density at radius 3 is 2.21 bits per heavy atom. The number of ether oxygens (including phenoxy) is 3. The van der Waals surface area contributed by atoms with Gasteiger partial charge in [-0.1, -0.05) is 32.0 Å². The van der Waals surface area contributed by atoms with Gasteiger partial charge in [0.2, 0.25) is 0 Å². The van der Waals surface area contributed by atoms with Gasteiger partial charge in [-0.3, -0.25) is 4.79 Å². The van der Waals surface area contributed by atoms with Gasteiger partial charge in [0.15, 0.2) is 11.5 Å². The molecule has 0 radical (unpaired) electrons. The van der Waals surface area contributed by atoms with Crippen LogP contribution in [0.25, 0.3) is 0 Å². The van der Waals surface area contributed by atoms with Crippen LogP contribution in [0, 0.1) is 5.92 Å². The van der Waals surface area contributed by atoms with E-state index in [2.05, 4.69) is 24.5 Å². The summed E-state index contributed by atoms with van der Waals surface area (Å²) in [6.45, 7) is 12.4. The molecule has 0 bridgehead atoms. The van der Waals surface area contributed by atoms with Crippen molar-refractivity contribution in [3.05, 3.63) is 59.2 Å². The normalized spacial score (nSPS) is 12.1. The molecular formula is C26H36N2O5. The van der Waals surface area contributed by atoms with Crippen molar-refractivity contribution in [3.63, 3.8) is 0 Å². The molecule has 33 heavy (non-hydrogen) atoms. The zero-order valence-corrected chi connectivity index (χ0v) is 20.7. The van der Waals surface area contributed by atoms with E-state index in [1.54, 1.807) is 31.4 Å². The zero-order chi connectivity index (χ0) is 24.6. The molecular weight excluding hydrogens is 420 g/mol. The molecule has 7 nitrogen and oxygen atoms in total. The van der Waals surface area contributed by atoms with Crippen LogP contribution in [0.15, 0.2) is 42.5 Å². The molecule has 180 valence electrons. The summed E-state index contributed by atoms with van der Waals surface area (Å²) in [6, 6.07) is 12.5. The molecule has 0 saturated heterocycles. The Labute approximate surface area is 196 Å². The fourth-order valence-electron chi connectivity index (χ4n) is 2.95. The molecule has 7 heteroatoms. The maximum atomic E-state index is 12.7. The lowest BCUT2D eigenvalue weighted by atomic mass is 10.1. The van der Waals surface area contributed by atoms with Crippen LogP contribution < -0.4 is 20.1 Å². The number of alkyl carbamates (subject to hydrolysis) is 1. The third-order valence-corrected chi connectivity index (χ3v) is 4.66. The van der Waals surface area contributed by atoms with Gasteiger partial charge in [0, 0.05) is 12.1 Å². The van der Waals surface area contributed by atoms with Crippen LogP contribution >= 0.6 is 0 Å². The van der Waals surface area contributed by atoms with Crippen LogP contribution in [0.2, 0.25) is 0 Å². The van der Waals surface area contributed by atoms with Crippen LogP contribution in [-0.4, -0.2) is 31.3 Å². The second kappa shape index (κ2) is 11.6. The Morgan fingerprint density at radius 2 is 1.64 bits per heavy atom. The molecule has 0 spiro atoms. The lowest BCUT2D eigenvalue weighted by Crippen LogP contribution is -2.32. The van der Waals surface area contributed by atoms with Crippen molar-refractivity contribution in [2.45, 2.75) is 59.7 Å². The number of amides is 2. The maximum Gasteiger partial charge on any atom is 0.407 e. The molecule has 1 atom stereocenters. The van der Waals surface area contributed by atoms with Crippen molar-refractivity contribution in [2.24, 2.45) is 5.92 Å². The minimum atomic E-state index is -0.547. The highest BCUT2D eigenvalue weighted by atomic mass is 16.6. The molecule has 0 aromatic heterocycles. The van der Waals surface area contributed by atoms with E-state index < -0.39 is 11.7 Å². The molecule has 0 aliphatic heterocycles. The summed E-state index contributed by atoms with van der Waals surface area (Å²) < 4.78 is 16.5. The predicted octanol–water partition coefficient (Wildman–Crippen LogP) is 5.25. The predicted molar refractivity (Wildman–Crippen MR) is 129 cm³/mol. The summed E-state index contributed by atoms with van der Waals surface area (Å²) in [6.07, 6.45) is -0.478. The summed E-state index contributed by atoms with van der Waals surface area (Å²) in [5.41, 5.74) is 1.77. The Kier molecular flexibility index (Phi) is 9.14. The minimum absolute atomic E-state index is 0.187. The number of hydrogen-bond donors (Lipinski definition) is 2. The lowest BCUT2D eigenvalue weighted by Gasteiger charge is -2.19. The molecule has 2 aromatic carbocycles. The number of hydrogen-bond acceptors (Lipinski definition) is 5. The minimum Gasteiger partial charge on any atom is -0.493 e. The van der Waals surface area contributed by atoms with Crippen LogP contribution in [0.5, 0.6) is 11.5 Å². The van der Waals surface area contributed by atoms with Crippen LogP contribution in [-0.2, 0) is 11.3 Å². The smallest absolute Gasteiger partial charge is 0.407 e. The average Bonchev–Trinajstić information content (AvgIpc) is 2.75. The Balaban J connectivity index is 1.95. The number of carbonyl (C=O) groups is 2. The summed E-state index contributed by atoms with van der Waals surface area (Å²) >= 11 is 0. The summed E-state index contributed by atoms with van der Waals surface area (Å²) in [5.74, 6) is 1.54. The molecule has 0 heterocycles. The summed E-state index contributed by atoms with van der Waals surface area (Å²) in [7, 11) is 1.60. The molecule has 2 aromatic rings. The third kappa shape index (κ3) is 8.67.